The monoisotopic (exact) mass is 572 g/mol. The minimum Gasteiger partial charge on any atom is -0.461 e. The Morgan fingerprint density at radius 2 is 1.85 bits per heavy atom. The number of carbonyl (C=O) groups is 2. The van der Waals surface area contributed by atoms with Gasteiger partial charge in [0, 0.05) is 63.7 Å². The molecule has 5 N–H and O–H groups in total. The molecule has 1 spiro atoms. The number of benzene rings is 1. The lowest BCUT2D eigenvalue weighted by Crippen LogP contribution is -2.82. The lowest BCUT2D eigenvalue weighted by Gasteiger charge is -2.67. The number of esters is 1. The number of nitrogens with two attached hydrogens (primary N) is 1. The fourth-order valence-corrected chi connectivity index (χ4v) is 11.1. The van der Waals surface area contributed by atoms with Crippen molar-refractivity contribution in [2.24, 2.45) is 34.5 Å². The maximum Gasteiger partial charge on any atom is 0.340 e. The van der Waals surface area contributed by atoms with Crippen LogP contribution in [-0.2, 0) is 28.5 Å². The molecule has 6 fully saturated rings. The quantitative estimate of drug-likeness (QED) is 0.268. The van der Waals surface area contributed by atoms with Gasteiger partial charge in [-0.05, 0) is 37.3 Å². The normalized spacial score (nSPS) is 50.4. The molecule has 0 aromatic heterocycles. The molecule has 1 aliphatic heterocycles. The summed E-state index contributed by atoms with van der Waals surface area (Å²) in [6, 6.07) is 5.81. The standard InChI is InChI=1S/C30H40N2O9/c1-37-18-12-28(35)20-16(11-15(18)21(20)39-3)29-19(38-2)9-10-27(13-41-24(33)14-7-5-6-8-17(14)31)22(29)23(40-4)30(28,36)25(29)32-26(27)34/h5-8,15-16,18-23,25,35-36H,9-13,31H2,1-4H3,(H,32,34)/t15-,16-,18+,19+,20-,21+,22-,23+,25?,27+,28-,29+,30+/m1/s1. The van der Waals surface area contributed by atoms with Crippen LogP contribution in [0.15, 0.2) is 24.3 Å². The van der Waals surface area contributed by atoms with Gasteiger partial charge in [-0.3, -0.25) is 4.79 Å². The van der Waals surface area contributed by atoms with Crippen molar-refractivity contribution in [3.63, 3.8) is 0 Å². The first kappa shape index (κ1) is 27.5. The number of anilines is 1. The Hall–Kier alpha value is -2.28. The maximum atomic E-state index is 14.2. The summed E-state index contributed by atoms with van der Waals surface area (Å²) in [4.78, 5) is 27.4. The van der Waals surface area contributed by atoms with Crippen LogP contribution in [0, 0.1) is 34.5 Å². The zero-order chi connectivity index (χ0) is 29.1. The average Bonchev–Trinajstić information content (AvgIpc) is 3.38. The van der Waals surface area contributed by atoms with Crippen molar-refractivity contribution in [2.45, 2.75) is 67.3 Å². The molecule has 1 aromatic carbocycles. The molecular weight excluding hydrogens is 532 g/mol. The predicted molar refractivity (Wildman–Crippen MR) is 143 cm³/mol. The van der Waals surface area contributed by atoms with Crippen molar-refractivity contribution >= 4 is 17.6 Å². The Kier molecular flexibility index (Phi) is 5.96. The van der Waals surface area contributed by atoms with E-state index in [1.54, 1.807) is 45.6 Å². The molecule has 41 heavy (non-hydrogen) atoms. The molecule has 1 amide bonds. The molecule has 224 valence electrons. The predicted octanol–water partition coefficient (Wildman–Crippen LogP) is 0.512. The van der Waals surface area contributed by atoms with Crippen LogP contribution in [-0.4, -0.2) is 98.8 Å². The molecule has 6 aliphatic rings. The summed E-state index contributed by atoms with van der Waals surface area (Å²) in [5.74, 6) is -2.14. The number of aliphatic hydroxyl groups is 2. The van der Waals surface area contributed by atoms with E-state index in [1.807, 2.05) is 0 Å². The Morgan fingerprint density at radius 1 is 1.10 bits per heavy atom. The molecule has 7 rings (SSSR count). The topological polar surface area (TPSA) is 159 Å². The first-order valence-electron chi connectivity index (χ1n) is 14.5. The van der Waals surface area contributed by atoms with Gasteiger partial charge in [-0.2, -0.15) is 0 Å². The van der Waals surface area contributed by atoms with E-state index in [9.17, 15) is 19.8 Å². The summed E-state index contributed by atoms with van der Waals surface area (Å²) in [5, 5.41) is 28.9. The van der Waals surface area contributed by atoms with Crippen LogP contribution in [0.25, 0.3) is 0 Å². The van der Waals surface area contributed by atoms with Crippen LogP contribution >= 0.6 is 0 Å². The lowest BCUT2D eigenvalue weighted by atomic mass is 9.43. The van der Waals surface area contributed by atoms with Crippen LogP contribution < -0.4 is 11.1 Å². The molecular formula is C30H40N2O9. The number of hydrogen-bond acceptors (Lipinski definition) is 10. The molecule has 1 unspecified atom stereocenters. The summed E-state index contributed by atoms with van der Waals surface area (Å²) in [7, 11) is 6.43. The second kappa shape index (κ2) is 8.87. The SMILES string of the molecule is CO[C@H]1[C@@H]2C[C@@H]3[C@H]1[C@](O)(C[C@@H]2OC)[C@@]1(O)C2NC(=O)[C@]4(COC(=O)c5ccccc5N)CC[C@H](OC)[C@@]23[C@@H]4[C@@H]1OC. The number of amides is 1. The number of nitrogens with one attached hydrogen (secondary N) is 1. The van der Waals surface area contributed by atoms with Gasteiger partial charge in [-0.25, -0.2) is 4.79 Å². The summed E-state index contributed by atoms with van der Waals surface area (Å²) in [6.45, 7) is -0.217. The number of nitrogen functional groups attached to an aromatic ring is 1. The summed E-state index contributed by atoms with van der Waals surface area (Å²) in [6.07, 6.45) is -0.247. The van der Waals surface area contributed by atoms with Crippen LogP contribution in [0.5, 0.6) is 0 Å². The van der Waals surface area contributed by atoms with Crippen LogP contribution in [0.2, 0.25) is 0 Å². The van der Waals surface area contributed by atoms with Crippen LogP contribution in [0.1, 0.15) is 36.0 Å². The smallest absolute Gasteiger partial charge is 0.340 e. The molecule has 1 aromatic rings. The van der Waals surface area contributed by atoms with Gasteiger partial charge in [0.25, 0.3) is 0 Å². The van der Waals surface area contributed by atoms with E-state index >= 15 is 0 Å². The minimum atomic E-state index is -1.87. The maximum absolute atomic E-state index is 14.2. The zero-order valence-electron chi connectivity index (χ0n) is 23.9. The van der Waals surface area contributed by atoms with Crippen LogP contribution in [0.3, 0.4) is 0 Å². The van der Waals surface area contributed by atoms with Gasteiger partial charge in [0.1, 0.15) is 17.8 Å². The van der Waals surface area contributed by atoms with Crippen molar-refractivity contribution < 1.29 is 43.5 Å². The van der Waals surface area contributed by atoms with Gasteiger partial charge in [-0.15, -0.1) is 0 Å². The molecule has 7 bridgehead atoms. The summed E-state index contributed by atoms with van der Waals surface area (Å²) in [5.41, 5.74) is 0.985. The van der Waals surface area contributed by atoms with E-state index in [0.29, 0.717) is 19.3 Å². The van der Waals surface area contributed by atoms with Gasteiger partial charge in [0.05, 0.1) is 41.4 Å². The zero-order valence-corrected chi connectivity index (χ0v) is 23.9. The molecule has 1 saturated heterocycles. The Bertz CT molecular complexity index is 1280. The molecule has 11 nitrogen and oxygen atoms in total. The Balaban J connectivity index is 1.40. The molecule has 5 saturated carbocycles. The number of rotatable bonds is 7. The lowest BCUT2D eigenvalue weighted by molar-refractivity contribution is -0.299. The highest BCUT2D eigenvalue weighted by atomic mass is 16.5. The fraction of sp³-hybridized carbons (Fsp3) is 0.733. The highest BCUT2D eigenvalue weighted by Gasteiger charge is 2.92. The molecule has 0 radical (unpaired) electrons. The highest BCUT2D eigenvalue weighted by molar-refractivity contribution is 5.95. The second-order valence-corrected chi connectivity index (χ2v) is 13.1. The van der Waals surface area contributed by atoms with Gasteiger partial charge >= 0.3 is 5.97 Å². The Labute approximate surface area is 239 Å². The number of ether oxygens (including phenoxy) is 5. The van der Waals surface area contributed by atoms with Crippen LogP contribution in [0.4, 0.5) is 5.69 Å². The first-order chi connectivity index (χ1) is 19.6. The van der Waals surface area contributed by atoms with Gasteiger partial charge in [0.2, 0.25) is 5.91 Å². The number of para-hydroxylation sites is 1. The van der Waals surface area contributed by atoms with Crippen molar-refractivity contribution in [2.75, 3.05) is 40.8 Å². The van der Waals surface area contributed by atoms with Crippen molar-refractivity contribution in [3.05, 3.63) is 29.8 Å². The molecule has 13 atom stereocenters. The largest absolute Gasteiger partial charge is 0.461 e. The minimum absolute atomic E-state index is 0.00254. The van der Waals surface area contributed by atoms with Crippen molar-refractivity contribution in [1.82, 2.24) is 5.32 Å². The van der Waals surface area contributed by atoms with E-state index in [1.165, 1.54) is 7.11 Å². The molecule has 5 aliphatic carbocycles. The molecule has 1 heterocycles. The Morgan fingerprint density at radius 3 is 2.51 bits per heavy atom. The van der Waals surface area contributed by atoms with Crippen molar-refractivity contribution in [3.8, 4) is 0 Å². The highest BCUT2D eigenvalue weighted by Crippen LogP contribution is 2.79. The summed E-state index contributed by atoms with van der Waals surface area (Å²) >= 11 is 0. The fourth-order valence-electron chi connectivity index (χ4n) is 11.1. The second-order valence-electron chi connectivity index (χ2n) is 13.1. The summed E-state index contributed by atoms with van der Waals surface area (Å²) < 4.78 is 30.2. The number of methoxy groups -OCH3 is 4. The van der Waals surface area contributed by atoms with Gasteiger partial charge in [-0.1, -0.05) is 12.1 Å². The number of hydrogen-bond donors (Lipinski definition) is 4. The van der Waals surface area contributed by atoms with E-state index < -0.39 is 52.0 Å². The third-order valence-corrected chi connectivity index (χ3v) is 12.3. The van der Waals surface area contributed by atoms with Crippen molar-refractivity contribution in [1.29, 1.82) is 0 Å². The third kappa shape index (κ3) is 2.90. The average molecular weight is 573 g/mol. The van der Waals surface area contributed by atoms with Gasteiger partial charge < -0.3 is 44.9 Å². The first-order valence-corrected chi connectivity index (χ1v) is 14.5. The van der Waals surface area contributed by atoms with Gasteiger partial charge in [0.15, 0.2) is 0 Å². The number of piperidine rings is 1. The third-order valence-electron chi connectivity index (χ3n) is 12.3. The van der Waals surface area contributed by atoms with E-state index in [-0.39, 0.29) is 60.3 Å². The molecule has 11 heteroatoms. The number of carbonyl (C=O) groups excluding carboxylic acids is 2. The van der Waals surface area contributed by atoms with E-state index in [2.05, 4.69) is 5.32 Å². The van der Waals surface area contributed by atoms with E-state index in [4.69, 9.17) is 29.4 Å². The number of fused-ring (bicyclic) bond motifs is 2. The van der Waals surface area contributed by atoms with E-state index in [0.717, 1.165) is 0 Å².